The number of carbonyl (C=O) groups is 1. The van der Waals surface area contributed by atoms with E-state index in [4.69, 9.17) is 21.1 Å². The molecule has 0 unspecified atom stereocenters. The predicted octanol–water partition coefficient (Wildman–Crippen LogP) is 4.03. The highest BCUT2D eigenvalue weighted by Crippen LogP contribution is 2.15. The van der Waals surface area contributed by atoms with E-state index >= 15 is 0 Å². The van der Waals surface area contributed by atoms with E-state index in [0.29, 0.717) is 24.8 Å². The zero-order valence-electron chi connectivity index (χ0n) is 13.8. The monoisotopic (exact) mass is 348 g/mol. The van der Waals surface area contributed by atoms with Crippen molar-refractivity contribution < 1.29 is 14.3 Å². The summed E-state index contributed by atoms with van der Waals surface area (Å²) in [4.78, 5) is 13.7. The molecule has 0 saturated heterocycles. The van der Waals surface area contributed by atoms with Crippen LogP contribution >= 0.6 is 11.6 Å². The third-order valence-electron chi connectivity index (χ3n) is 3.35. The number of hydrogen-bond acceptors (Lipinski definition) is 3. The number of methoxy groups -OCH3 is 1. The van der Waals surface area contributed by atoms with Gasteiger partial charge in [-0.15, -0.1) is 0 Å². The second-order valence-electron chi connectivity index (χ2n) is 5.29. The fraction of sp³-hybridized carbons (Fsp3) is 0.278. The number of likely N-dealkylation sites (N-methyl/N-ethyl adjacent to an activating group) is 1. The van der Waals surface area contributed by atoms with Gasteiger partial charge in [-0.2, -0.15) is 0 Å². The molecular formula is C18H21ClN2O3. The van der Waals surface area contributed by atoms with E-state index < -0.39 is 0 Å². The molecule has 128 valence electrons. The first-order chi connectivity index (χ1) is 11.6. The zero-order chi connectivity index (χ0) is 17.4. The summed E-state index contributed by atoms with van der Waals surface area (Å²) in [5, 5.41) is 3.52. The summed E-state index contributed by atoms with van der Waals surface area (Å²) < 4.78 is 10.7. The molecule has 0 aliphatic rings. The van der Waals surface area contributed by atoms with Crippen molar-refractivity contribution in [2.75, 3.05) is 32.6 Å². The molecule has 0 aliphatic carbocycles. The van der Waals surface area contributed by atoms with Crippen LogP contribution < -0.4 is 10.1 Å². The molecule has 0 radical (unpaired) electrons. The minimum Gasteiger partial charge on any atom is -0.492 e. The van der Waals surface area contributed by atoms with Gasteiger partial charge in [0.25, 0.3) is 0 Å². The summed E-state index contributed by atoms with van der Waals surface area (Å²) >= 11 is 5.82. The molecule has 0 atom stereocenters. The van der Waals surface area contributed by atoms with E-state index in [0.717, 1.165) is 17.0 Å². The molecule has 0 saturated carbocycles. The number of nitrogens with zero attached hydrogens (tertiary/aromatic N) is 1. The first-order valence-corrected chi connectivity index (χ1v) is 7.94. The maximum atomic E-state index is 12.2. The highest BCUT2D eigenvalue weighted by molar-refractivity contribution is 6.30. The molecule has 1 N–H and O–H groups in total. The number of rotatable bonds is 7. The van der Waals surface area contributed by atoms with Gasteiger partial charge in [0.05, 0.1) is 13.2 Å². The molecule has 2 rings (SSSR count). The molecular weight excluding hydrogens is 328 g/mol. The number of ether oxygens (including phenoxy) is 2. The van der Waals surface area contributed by atoms with Gasteiger partial charge in [-0.3, -0.25) is 0 Å². The number of halogens is 1. The van der Waals surface area contributed by atoms with E-state index in [-0.39, 0.29) is 6.03 Å². The number of anilines is 1. The quantitative estimate of drug-likeness (QED) is 0.821. The number of carbonyl (C=O) groups excluding carboxylic acids is 1. The van der Waals surface area contributed by atoms with Gasteiger partial charge in [0.2, 0.25) is 0 Å². The fourth-order valence-corrected chi connectivity index (χ4v) is 2.18. The molecule has 2 aromatic rings. The van der Waals surface area contributed by atoms with Crippen molar-refractivity contribution >= 4 is 23.3 Å². The maximum Gasteiger partial charge on any atom is 0.321 e. The first kappa shape index (κ1) is 18.1. The van der Waals surface area contributed by atoms with Crippen LogP contribution in [0.3, 0.4) is 0 Å². The van der Waals surface area contributed by atoms with Gasteiger partial charge in [-0.05, 0) is 42.0 Å². The Kier molecular flexibility index (Phi) is 6.90. The summed E-state index contributed by atoms with van der Waals surface area (Å²) in [6.45, 7) is 1.37. The normalized spacial score (nSPS) is 10.3. The van der Waals surface area contributed by atoms with Crippen LogP contribution in [-0.4, -0.2) is 38.2 Å². The van der Waals surface area contributed by atoms with Gasteiger partial charge in [0, 0.05) is 24.9 Å². The molecule has 24 heavy (non-hydrogen) atoms. The molecule has 2 aromatic carbocycles. The lowest BCUT2D eigenvalue weighted by Crippen LogP contribution is -2.34. The average molecular weight is 349 g/mol. The Morgan fingerprint density at radius 2 is 1.96 bits per heavy atom. The highest BCUT2D eigenvalue weighted by Gasteiger charge is 2.09. The van der Waals surface area contributed by atoms with Crippen LogP contribution in [0.25, 0.3) is 0 Å². The van der Waals surface area contributed by atoms with Crippen LogP contribution in [0, 0.1) is 0 Å². The zero-order valence-corrected chi connectivity index (χ0v) is 14.5. The molecule has 2 amide bonds. The lowest BCUT2D eigenvalue weighted by Gasteiger charge is -2.18. The summed E-state index contributed by atoms with van der Waals surface area (Å²) in [6.07, 6.45) is 0. The van der Waals surface area contributed by atoms with Crippen molar-refractivity contribution in [3.8, 4) is 5.75 Å². The highest BCUT2D eigenvalue weighted by atomic mass is 35.5. The molecule has 0 spiro atoms. The number of hydrogen-bond donors (Lipinski definition) is 1. The molecule has 0 heterocycles. The smallest absolute Gasteiger partial charge is 0.321 e. The fourth-order valence-electron chi connectivity index (χ4n) is 2.06. The van der Waals surface area contributed by atoms with Gasteiger partial charge >= 0.3 is 6.03 Å². The van der Waals surface area contributed by atoms with Crippen LogP contribution in [-0.2, 0) is 11.3 Å². The van der Waals surface area contributed by atoms with E-state index in [1.54, 1.807) is 43.3 Å². The van der Waals surface area contributed by atoms with Crippen LogP contribution in [0.4, 0.5) is 10.5 Å². The third-order valence-corrected chi connectivity index (χ3v) is 3.60. The van der Waals surface area contributed by atoms with Gasteiger partial charge in [0.15, 0.2) is 0 Å². The SMILES string of the molecule is COCc1cccc(NC(=O)N(C)CCOc2ccc(Cl)cc2)c1. The minimum atomic E-state index is -0.190. The van der Waals surface area contributed by atoms with Crippen molar-refractivity contribution in [3.05, 3.63) is 59.1 Å². The third kappa shape index (κ3) is 5.76. The van der Waals surface area contributed by atoms with Crippen LogP contribution in [0.2, 0.25) is 5.02 Å². The molecule has 6 heteroatoms. The van der Waals surface area contributed by atoms with Crippen LogP contribution in [0.1, 0.15) is 5.56 Å². The van der Waals surface area contributed by atoms with E-state index in [9.17, 15) is 4.79 Å². The Labute approximate surface area is 147 Å². The van der Waals surface area contributed by atoms with Crippen molar-refractivity contribution in [3.63, 3.8) is 0 Å². The first-order valence-electron chi connectivity index (χ1n) is 7.57. The molecule has 0 bridgehead atoms. The number of urea groups is 1. The van der Waals surface area contributed by atoms with Crippen molar-refractivity contribution in [2.45, 2.75) is 6.61 Å². The predicted molar refractivity (Wildman–Crippen MR) is 95.8 cm³/mol. The second-order valence-corrected chi connectivity index (χ2v) is 5.72. The number of nitrogens with one attached hydrogen (secondary N) is 1. The largest absolute Gasteiger partial charge is 0.492 e. The molecule has 0 aromatic heterocycles. The Balaban J connectivity index is 1.79. The van der Waals surface area contributed by atoms with Crippen LogP contribution in [0.5, 0.6) is 5.75 Å². The van der Waals surface area contributed by atoms with Gasteiger partial charge in [-0.25, -0.2) is 4.79 Å². The average Bonchev–Trinajstić information content (AvgIpc) is 2.57. The lowest BCUT2D eigenvalue weighted by atomic mass is 10.2. The maximum absolute atomic E-state index is 12.2. The summed E-state index contributed by atoms with van der Waals surface area (Å²) in [5.41, 5.74) is 1.74. The van der Waals surface area contributed by atoms with Crippen molar-refractivity contribution in [1.29, 1.82) is 0 Å². The lowest BCUT2D eigenvalue weighted by molar-refractivity contribution is 0.185. The van der Waals surface area contributed by atoms with Crippen LogP contribution in [0.15, 0.2) is 48.5 Å². The van der Waals surface area contributed by atoms with Crippen molar-refractivity contribution in [1.82, 2.24) is 4.90 Å². The van der Waals surface area contributed by atoms with E-state index in [1.807, 2.05) is 24.3 Å². The second kappa shape index (κ2) is 9.15. The van der Waals surface area contributed by atoms with Gasteiger partial charge < -0.3 is 19.7 Å². The summed E-state index contributed by atoms with van der Waals surface area (Å²) in [7, 11) is 3.36. The minimum absolute atomic E-state index is 0.190. The summed E-state index contributed by atoms with van der Waals surface area (Å²) in [6, 6.07) is 14.5. The standard InChI is InChI=1S/C18H21ClN2O3/c1-21(10-11-24-17-8-6-15(19)7-9-17)18(22)20-16-5-3-4-14(12-16)13-23-2/h3-9,12H,10-11,13H2,1-2H3,(H,20,22). The Morgan fingerprint density at radius 3 is 2.67 bits per heavy atom. The van der Waals surface area contributed by atoms with Gasteiger partial charge in [0.1, 0.15) is 12.4 Å². The Morgan fingerprint density at radius 1 is 1.21 bits per heavy atom. The van der Waals surface area contributed by atoms with E-state index in [1.165, 1.54) is 0 Å². The summed E-state index contributed by atoms with van der Waals surface area (Å²) in [5.74, 6) is 0.723. The molecule has 5 nitrogen and oxygen atoms in total. The van der Waals surface area contributed by atoms with Gasteiger partial charge in [-0.1, -0.05) is 23.7 Å². The molecule has 0 fully saturated rings. The topological polar surface area (TPSA) is 50.8 Å². The Bertz CT molecular complexity index is 662. The van der Waals surface area contributed by atoms with Crippen molar-refractivity contribution in [2.24, 2.45) is 0 Å². The van der Waals surface area contributed by atoms with E-state index in [2.05, 4.69) is 5.32 Å². The Hall–Kier alpha value is -2.24. The number of amides is 2. The number of benzene rings is 2. The molecule has 0 aliphatic heterocycles.